The zero-order chi connectivity index (χ0) is 15.2. The summed E-state index contributed by atoms with van der Waals surface area (Å²) in [5.74, 6) is 0. The molecule has 1 aromatic heterocycles. The first-order chi connectivity index (χ1) is 10.1. The van der Waals surface area contributed by atoms with Gasteiger partial charge >= 0.3 is 0 Å². The van der Waals surface area contributed by atoms with E-state index in [9.17, 15) is 0 Å². The van der Waals surface area contributed by atoms with Crippen molar-refractivity contribution in [2.75, 3.05) is 0 Å². The molecule has 2 aromatic rings. The summed E-state index contributed by atoms with van der Waals surface area (Å²) in [5, 5.41) is 0. The average molecular weight is 412 g/mol. The van der Waals surface area contributed by atoms with Crippen LogP contribution in [0.2, 0.25) is 0 Å². The van der Waals surface area contributed by atoms with E-state index in [0.717, 1.165) is 17.4 Å². The zero-order valence-electron chi connectivity index (χ0n) is 12.7. The van der Waals surface area contributed by atoms with Crippen LogP contribution in [-0.4, -0.2) is 0 Å². The number of hydrogen-bond donors (Lipinski definition) is 0. The van der Waals surface area contributed by atoms with Crippen LogP contribution in [-0.2, 0) is 13.0 Å². The van der Waals surface area contributed by atoms with E-state index in [4.69, 9.17) is 0 Å². The number of aromatic nitrogens is 1. The van der Waals surface area contributed by atoms with Gasteiger partial charge in [-0.1, -0.05) is 12.1 Å². The summed E-state index contributed by atoms with van der Waals surface area (Å²) in [5.41, 5.74) is 4.13. The molecule has 3 heteroatoms. The molecule has 0 N–H and O–H groups in total. The highest BCUT2D eigenvalue weighted by atomic mass is 79.9. The maximum Gasteiger partial charge on any atom is 0.171 e. The number of hydrogen-bond acceptors (Lipinski definition) is 0. The van der Waals surface area contributed by atoms with Crippen LogP contribution < -0.4 is 4.57 Å². The second-order valence-corrected chi connectivity index (χ2v) is 7.22. The molecule has 0 radical (unpaired) electrons. The third kappa shape index (κ3) is 4.93. The summed E-state index contributed by atoms with van der Waals surface area (Å²) in [4.78, 5) is 0. The first-order valence-corrected chi connectivity index (χ1v) is 9.05. The van der Waals surface area contributed by atoms with Gasteiger partial charge in [0.1, 0.15) is 6.54 Å². The summed E-state index contributed by atoms with van der Waals surface area (Å²) in [7, 11) is 0. The lowest BCUT2D eigenvalue weighted by Gasteiger charge is -2.06. The van der Waals surface area contributed by atoms with Crippen molar-refractivity contribution in [1.82, 2.24) is 0 Å². The molecule has 1 nitrogen and oxygen atoms in total. The summed E-state index contributed by atoms with van der Waals surface area (Å²) in [6, 6.07) is 8.58. The minimum atomic E-state index is 1.11. The first kappa shape index (κ1) is 16.7. The predicted molar refractivity (Wildman–Crippen MR) is 95.5 cm³/mol. The van der Waals surface area contributed by atoms with Gasteiger partial charge in [-0.05, 0) is 82.2 Å². The Morgan fingerprint density at radius 1 is 0.952 bits per heavy atom. The highest BCUT2D eigenvalue weighted by Gasteiger charge is 2.05. The Morgan fingerprint density at radius 2 is 1.76 bits per heavy atom. The van der Waals surface area contributed by atoms with E-state index in [1.165, 1.54) is 40.4 Å². The molecule has 0 spiro atoms. The van der Waals surface area contributed by atoms with Gasteiger partial charge < -0.3 is 0 Å². The number of rotatable bonds is 6. The van der Waals surface area contributed by atoms with Crippen LogP contribution in [0.15, 0.2) is 45.6 Å². The van der Waals surface area contributed by atoms with Crippen molar-refractivity contribution in [2.45, 2.75) is 46.1 Å². The van der Waals surface area contributed by atoms with Crippen LogP contribution in [0.1, 0.15) is 36.0 Å². The van der Waals surface area contributed by atoms with Crippen molar-refractivity contribution in [3.05, 3.63) is 62.3 Å². The summed E-state index contributed by atoms with van der Waals surface area (Å²) in [6.45, 7) is 5.45. The van der Waals surface area contributed by atoms with Gasteiger partial charge in [0.15, 0.2) is 12.4 Å². The number of benzene rings is 1. The molecule has 0 aliphatic carbocycles. The van der Waals surface area contributed by atoms with Crippen LogP contribution in [0.4, 0.5) is 0 Å². The fraction of sp³-hybridized carbons (Fsp3) is 0.389. The smallest absolute Gasteiger partial charge is 0.171 e. The van der Waals surface area contributed by atoms with Crippen molar-refractivity contribution in [1.29, 1.82) is 0 Å². The van der Waals surface area contributed by atoms with Crippen LogP contribution in [0.3, 0.4) is 0 Å². The van der Waals surface area contributed by atoms with E-state index < -0.39 is 0 Å². The van der Waals surface area contributed by atoms with E-state index in [1.807, 2.05) is 0 Å². The number of halogens is 2. The Morgan fingerprint density at radius 3 is 2.52 bits per heavy atom. The van der Waals surface area contributed by atoms with Gasteiger partial charge in [-0.2, -0.15) is 0 Å². The van der Waals surface area contributed by atoms with Crippen molar-refractivity contribution >= 4 is 31.9 Å². The molecule has 0 atom stereocenters. The van der Waals surface area contributed by atoms with Gasteiger partial charge in [-0.25, -0.2) is 4.57 Å². The maximum atomic E-state index is 3.65. The Bertz CT molecular complexity index is 608. The molecule has 0 aliphatic rings. The Balaban J connectivity index is 1.75. The lowest BCUT2D eigenvalue weighted by Crippen LogP contribution is -2.33. The van der Waals surface area contributed by atoms with E-state index in [1.54, 1.807) is 0 Å². The van der Waals surface area contributed by atoms with Gasteiger partial charge in [0.25, 0.3) is 0 Å². The number of unbranched alkanes of at least 4 members (excludes halogenated alkanes) is 2. The molecule has 0 fully saturated rings. The quantitative estimate of drug-likeness (QED) is 0.434. The van der Waals surface area contributed by atoms with Crippen molar-refractivity contribution < 1.29 is 4.57 Å². The third-order valence-corrected chi connectivity index (χ3v) is 6.02. The molecule has 21 heavy (non-hydrogen) atoms. The average Bonchev–Trinajstić information content (AvgIpc) is 2.46. The number of pyridine rings is 1. The minimum Gasteiger partial charge on any atom is -0.205 e. The van der Waals surface area contributed by atoms with Crippen LogP contribution >= 0.6 is 31.9 Å². The molecule has 1 heterocycles. The second kappa shape index (κ2) is 8.09. The van der Waals surface area contributed by atoms with Gasteiger partial charge in [-0.3, -0.25) is 0 Å². The fourth-order valence-corrected chi connectivity index (χ4v) is 3.27. The van der Waals surface area contributed by atoms with Crippen molar-refractivity contribution in [3.8, 4) is 0 Å². The first-order valence-electron chi connectivity index (χ1n) is 7.47. The lowest BCUT2D eigenvalue weighted by atomic mass is 10.1. The van der Waals surface area contributed by atoms with Crippen LogP contribution in [0.5, 0.6) is 0 Å². The molecule has 112 valence electrons. The fourth-order valence-electron chi connectivity index (χ4n) is 2.40. The largest absolute Gasteiger partial charge is 0.205 e. The van der Waals surface area contributed by atoms with Gasteiger partial charge in [0.05, 0.1) is 0 Å². The highest BCUT2D eigenvalue weighted by Crippen LogP contribution is 2.27. The molecule has 0 aliphatic heterocycles. The molecule has 1 aromatic carbocycles. The van der Waals surface area contributed by atoms with E-state index in [2.05, 4.69) is 86.9 Å². The maximum absolute atomic E-state index is 3.65. The normalized spacial score (nSPS) is 10.9. The monoisotopic (exact) mass is 410 g/mol. The molecule has 0 bridgehead atoms. The topological polar surface area (TPSA) is 3.88 Å². The standard InChI is InChI=1S/C18H22Br2N/c1-14-10-12-21(13-15(14)2)11-5-3-4-7-16-8-6-9-17(19)18(16)20/h6,8-10,12-13H,3-5,7,11H2,1-2H3/q+1. The van der Waals surface area contributed by atoms with E-state index >= 15 is 0 Å². The van der Waals surface area contributed by atoms with Crippen molar-refractivity contribution in [3.63, 3.8) is 0 Å². The van der Waals surface area contributed by atoms with Crippen LogP contribution in [0.25, 0.3) is 0 Å². The SMILES string of the molecule is Cc1cc[n+](CCCCCc2cccc(Br)c2Br)cc1C. The molecular formula is C18H22Br2N+. The van der Waals surface area contributed by atoms with Gasteiger partial charge in [-0.15, -0.1) is 0 Å². The molecule has 2 rings (SSSR count). The van der Waals surface area contributed by atoms with Crippen molar-refractivity contribution in [2.24, 2.45) is 0 Å². The Kier molecular flexibility index (Phi) is 6.43. The number of aryl methyl sites for hydroxylation is 4. The van der Waals surface area contributed by atoms with Gasteiger partial charge in [0.2, 0.25) is 0 Å². The summed E-state index contributed by atoms with van der Waals surface area (Å²) < 4.78 is 4.65. The zero-order valence-corrected chi connectivity index (χ0v) is 15.9. The predicted octanol–water partition coefficient (Wildman–Crippen LogP) is 5.53. The molecular weight excluding hydrogens is 390 g/mol. The number of nitrogens with zero attached hydrogens (tertiary/aromatic N) is 1. The summed E-state index contributed by atoms with van der Waals surface area (Å²) >= 11 is 7.21. The van der Waals surface area contributed by atoms with Crippen LogP contribution in [0, 0.1) is 13.8 Å². The Labute approximate surface area is 144 Å². The molecule has 0 amide bonds. The summed E-state index contributed by atoms with van der Waals surface area (Å²) in [6.07, 6.45) is 9.31. The van der Waals surface area contributed by atoms with Gasteiger partial charge in [0, 0.05) is 27.0 Å². The second-order valence-electron chi connectivity index (χ2n) is 5.57. The molecule has 0 saturated heterocycles. The molecule has 0 unspecified atom stereocenters. The Hall–Kier alpha value is -0.670. The van der Waals surface area contributed by atoms with E-state index in [-0.39, 0.29) is 0 Å². The molecule has 0 saturated carbocycles. The lowest BCUT2D eigenvalue weighted by molar-refractivity contribution is -0.697. The third-order valence-electron chi connectivity index (χ3n) is 3.89. The highest BCUT2D eigenvalue weighted by molar-refractivity contribution is 9.13. The minimum absolute atomic E-state index is 1.11. The van der Waals surface area contributed by atoms with E-state index in [0.29, 0.717) is 0 Å².